The van der Waals surface area contributed by atoms with E-state index < -0.39 is 0 Å². The molecule has 0 bridgehead atoms. The van der Waals surface area contributed by atoms with Crippen LogP contribution >= 0.6 is 11.8 Å². The molecule has 0 nitrogen and oxygen atoms in total. The van der Waals surface area contributed by atoms with Gasteiger partial charge in [0.2, 0.25) is 0 Å². The predicted octanol–water partition coefficient (Wildman–Crippen LogP) is 8.98. The zero-order chi connectivity index (χ0) is 19.7. The summed E-state index contributed by atoms with van der Waals surface area (Å²) in [5, 5.41) is 1.54. The first-order chi connectivity index (χ1) is 11.5. The monoisotopic (exact) mass is 370 g/mol. The molecule has 0 aliphatic heterocycles. The molecule has 0 spiro atoms. The molecule has 0 radical (unpaired) electrons. The standard InChI is InChI=1S/C24H50S/c1-11-15-17-19(13-3)21(23(5,6)7)25-22(24(8,9)10)20(14-4)18-16-12-2/h19-22H,11-18H2,1-10H3. The summed E-state index contributed by atoms with van der Waals surface area (Å²) in [6, 6.07) is 0. The lowest BCUT2D eigenvalue weighted by Crippen LogP contribution is -2.39. The predicted molar refractivity (Wildman–Crippen MR) is 121 cm³/mol. The summed E-state index contributed by atoms with van der Waals surface area (Å²) in [7, 11) is 0. The van der Waals surface area contributed by atoms with E-state index in [9.17, 15) is 0 Å². The van der Waals surface area contributed by atoms with Gasteiger partial charge in [-0.2, -0.15) is 11.8 Å². The van der Waals surface area contributed by atoms with Gasteiger partial charge in [0.25, 0.3) is 0 Å². The molecular weight excluding hydrogens is 320 g/mol. The summed E-state index contributed by atoms with van der Waals surface area (Å²) in [5.41, 5.74) is 0.761. The van der Waals surface area contributed by atoms with Gasteiger partial charge >= 0.3 is 0 Å². The Bertz CT molecular complexity index is 288. The second kappa shape index (κ2) is 11.9. The van der Waals surface area contributed by atoms with Crippen LogP contribution in [0, 0.1) is 22.7 Å². The Labute approximate surface area is 165 Å². The SMILES string of the molecule is CCCCC(CC)C(SC(C(CC)CCCC)C(C)(C)C)C(C)(C)C. The maximum Gasteiger partial charge on any atom is 0.0127 e. The fourth-order valence-corrected chi connectivity index (χ4v) is 6.51. The van der Waals surface area contributed by atoms with Crippen LogP contribution in [0.25, 0.3) is 0 Å². The fraction of sp³-hybridized carbons (Fsp3) is 1.00. The highest BCUT2D eigenvalue weighted by Crippen LogP contribution is 2.48. The number of unbranched alkanes of at least 4 members (excludes halogenated alkanes) is 2. The molecule has 0 N–H and O–H groups in total. The molecule has 0 amide bonds. The first kappa shape index (κ1) is 25.4. The van der Waals surface area contributed by atoms with Gasteiger partial charge in [-0.15, -0.1) is 0 Å². The lowest BCUT2D eigenvalue weighted by Gasteiger charge is -2.44. The second-order valence-corrected chi connectivity index (χ2v) is 11.6. The third-order valence-corrected chi connectivity index (χ3v) is 8.53. The van der Waals surface area contributed by atoms with Crippen LogP contribution in [-0.2, 0) is 0 Å². The van der Waals surface area contributed by atoms with Crippen molar-refractivity contribution < 1.29 is 0 Å². The Kier molecular flexibility index (Phi) is 12.1. The van der Waals surface area contributed by atoms with Crippen molar-refractivity contribution in [2.45, 2.75) is 131 Å². The van der Waals surface area contributed by atoms with Crippen molar-refractivity contribution in [2.75, 3.05) is 0 Å². The molecule has 0 aliphatic rings. The van der Waals surface area contributed by atoms with Crippen LogP contribution in [-0.4, -0.2) is 10.5 Å². The summed E-state index contributed by atoms with van der Waals surface area (Å²) < 4.78 is 0. The highest BCUT2D eigenvalue weighted by atomic mass is 32.2. The molecule has 152 valence electrons. The van der Waals surface area contributed by atoms with Gasteiger partial charge in [0.05, 0.1) is 0 Å². The molecule has 0 aromatic carbocycles. The molecule has 0 aromatic heterocycles. The minimum absolute atomic E-state index is 0.381. The van der Waals surface area contributed by atoms with Gasteiger partial charge in [-0.05, 0) is 35.5 Å². The molecule has 0 rings (SSSR count). The quantitative estimate of drug-likeness (QED) is 0.330. The second-order valence-electron chi connectivity index (χ2n) is 10.3. The normalized spacial score (nSPS) is 18.0. The van der Waals surface area contributed by atoms with Crippen LogP contribution in [0.3, 0.4) is 0 Å². The van der Waals surface area contributed by atoms with E-state index in [1.54, 1.807) is 0 Å². The number of hydrogen-bond acceptors (Lipinski definition) is 1. The fourth-order valence-electron chi connectivity index (χ4n) is 4.27. The van der Waals surface area contributed by atoms with Crippen molar-refractivity contribution in [1.29, 1.82) is 0 Å². The van der Waals surface area contributed by atoms with Gasteiger partial charge in [-0.3, -0.25) is 0 Å². The first-order valence-electron chi connectivity index (χ1n) is 11.2. The summed E-state index contributed by atoms with van der Waals surface area (Å²) >= 11 is 2.37. The van der Waals surface area contributed by atoms with E-state index in [2.05, 4.69) is 81.0 Å². The molecule has 1 heteroatoms. The van der Waals surface area contributed by atoms with Gasteiger partial charge in [0.1, 0.15) is 0 Å². The van der Waals surface area contributed by atoms with E-state index in [4.69, 9.17) is 0 Å². The summed E-state index contributed by atoms with van der Waals surface area (Å²) in [5.74, 6) is 1.72. The minimum atomic E-state index is 0.381. The summed E-state index contributed by atoms with van der Waals surface area (Å²) in [6.45, 7) is 24.4. The number of rotatable bonds is 12. The van der Waals surface area contributed by atoms with Crippen molar-refractivity contribution in [3.8, 4) is 0 Å². The Morgan fingerprint density at radius 2 is 0.920 bits per heavy atom. The molecule has 4 atom stereocenters. The van der Waals surface area contributed by atoms with E-state index in [1.165, 1.54) is 51.4 Å². The van der Waals surface area contributed by atoms with E-state index in [-0.39, 0.29) is 0 Å². The highest BCUT2D eigenvalue weighted by molar-refractivity contribution is 8.00. The average molecular weight is 371 g/mol. The Morgan fingerprint density at radius 3 is 1.12 bits per heavy atom. The molecule has 0 aliphatic carbocycles. The Morgan fingerprint density at radius 1 is 0.600 bits per heavy atom. The van der Waals surface area contributed by atoms with Crippen LogP contribution in [0.5, 0.6) is 0 Å². The largest absolute Gasteiger partial charge is 0.153 e. The van der Waals surface area contributed by atoms with Crippen LogP contribution in [0.2, 0.25) is 0 Å². The van der Waals surface area contributed by atoms with Gasteiger partial charge in [0, 0.05) is 10.5 Å². The topological polar surface area (TPSA) is 0 Å². The molecular formula is C24H50S. The van der Waals surface area contributed by atoms with Crippen molar-refractivity contribution in [1.82, 2.24) is 0 Å². The smallest absolute Gasteiger partial charge is 0.0127 e. The lowest BCUT2D eigenvalue weighted by molar-refractivity contribution is 0.264. The minimum Gasteiger partial charge on any atom is -0.153 e. The van der Waals surface area contributed by atoms with Gasteiger partial charge in [-0.25, -0.2) is 0 Å². The average Bonchev–Trinajstić information content (AvgIpc) is 2.50. The van der Waals surface area contributed by atoms with E-state index >= 15 is 0 Å². The van der Waals surface area contributed by atoms with Gasteiger partial charge in [0.15, 0.2) is 0 Å². The Hall–Kier alpha value is 0.350. The first-order valence-corrected chi connectivity index (χ1v) is 12.1. The van der Waals surface area contributed by atoms with Crippen LogP contribution in [0.4, 0.5) is 0 Å². The van der Waals surface area contributed by atoms with E-state index in [0.717, 1.165) is 22.3 Å². The zero-order valence-corrected chi connectivity index (χ0v) is 20.2. The van der Waals surface area contributed by atoms with Crippen LogP contribution in [0.1, 0.15) is 121 Å². The third kappa shape index (κ3) is 9.21. The maximum atomic E-state index is 2.48. The number of thioether (sulfide) groups is 1. The molecule has 25 heavy (non-hydrogen) atoms. The van der Waals surface area contributed by atoms with E-state index in [0.29, 0.717) is 10.8 Å². The van der Waals surface area contributed by atoms with Crippen LogP contribution < -0.4 is 0 Å². The molecule has 0 saturated heterocycles. The molecule has 0 saturated carbocycles. The van der Waals surface area contributed by atoms with Crippen molar-refractivity contribution in [3.63, 3.8) is 0 Å². The summed E-state index contributed by atoms with van der Waals surface area (Å²) in [6.07, 6.45) is 10.9. The molecule has 0 aromatic rings. The summed E-state index contributed by atoms with van der Waals surface area (Å²) in [4.78, 5) is 0. The Balaban J connectivity index is 5.51. The van der Waals surface area contributed by atoms with Gasteiger partial charge in [-0.1, -0.05) is 108 Å². The zero-order valence-electron chi connectivity index (χ0n) is 19.4. The third-order valence-electron chi connectivity index (χ3n) is 5.76. The molecule has 4 unspecified atom stereocenters. The van der Waals surface area contributed by atoms with Crippen molar-refractivity contribution >= 4 is 11.8 Å². The van der Waals surface area contributed by atoms with Crippen LogP contribution in [0.15, 0.2) is 0 Å². The molecule has 0 fully saturated rings. The highest BCUT2D eigenvalue weighted by Gasteiger charge is 2.39. The maximum absolute atomic E-state index is 2.48. The van der Waals surface area contributed by atoms with E-state index in [1.807, 2.05) is 0 Å². The van der Waals surface area contributed by atoms with Gasteiger partial charge < -0.3 is 0 Å². The molecule has 0 heterocycles. The van der Waals surface area contributed by atoms with Crippen molar-refractivity contribution in [2.24, 2.45) is 22.7 Å². The van der Waals surface area contributed by atoms with Crippen molar-refractivity contribution in [3.05, 3.63) is 0 Å². The lowest BCUT2D eigenvalue weighted by atomic mass is 9.80. The number of hydrogen-bond donors (Lipinski definition) is 0.